The molecular weight excluding hydrogens is 342 g/mol. The summed E-state index contributed by atoms with van der Waals surface area (Å²) in [5, 5.41) is 11.7. The minimum Gasteiger partial charge on any atom is -0.356 e. The number of aromatic nitrogens is 3. The quantitative estimate of drug-likeness (QED) is 0.651. The summed E-state index contributed by atoms with van der Waals surface area (Å²) in [7, 11) is 0. The van der Waals surface area contributed by atoms with Crippen LogP contribution in [-0.2, 0) is 11.3 Å². The van der Waals surface area contributed by atoms with Crippen molar-refractivity contribution in [3.63, 3.8) is 0 Å². The van der Waals surface area contributed by atoms with Crippen LogP contribution in [0.15, 0.2) is 29.4 Å². The van der Waals surface area contributed by atoms with E-state index < -0.39 is 0 Å². The van der Waals surface area contributed by atoms with Crippen LogP contribution in [0.3, 0.4) is 0 Å². The van der Waals surface area contributed by atoms with Crippen LogP contribution in [0.5, 0.6) is 0 Å². The van der Waals surface area contributed by atoms with Crippen LogP contribution in [0, 0.1) is 0 Å². The number of aliphatic imine (C=N–C) groups is 1. The molecule has 2 aromatic heterocycles. The second-order valence-corrected chi connectivity index (χ2v) is 7.74. The van der Waals surface area contributed by atoms with E-state index in [9.17, 15) is 4.79 Å². The van der Waals surface area contributed by atoms with E-state index in [0.717, 1.165) is 30.5 Å². The molecule has 3 rings (SSSR count). The molecule has 8 heteroatoms. The number of carbonyl (C=O) groups excluding carboxylic acids is 1. The molecule has 0 bridgehead atoms. The maximum Gasteiger partial charge on any atom is 0.242 e. The topological polar surface area (TPSA) is 78.1 Å². The summed E-state index contributed by atoms with van der Waals surface area (Å²) in [6.07, 6.45) is 1.93. The number of fused-ring (bicyclic) bond motifs is 1. The Balaban J connectivity index is 1.83. The van der Waals surface area contributed by atoms with E-state index >= 15 is 0 Å². The lowest BCUT2D eigenvalue weighted by Gasteiger charge is -2.49. The predicted molar refractivity (Wildman–Crippen MR) is 105 cm³/mol. The zero-order valence-electron chi connectivity index (χ0n) is 16.8. The van der Waals surface area contributed by atoms with Gasteiger partial charge in [-0.25, -0.2) is 4.99 Å². The standard InChI is InChI=1S/C19H29N7O/c1-6-20-18(21-11-16-23-22-15-9-7-8-10-25(15)16)24-12-17(27)26(14(2)3)19(4,5)13-24/h7-10,14H,6,11-13H2,1-5H3,(H,20,21). The third-order valence-corrected chi connectivity index (χ3v) is 4.73. The van der Waals surface area contributed by atoms with Crippen molar-refractivity contribution in [1.29, 1.82) is 0 Å². The third kappa shape index (κ3) is 3.89. The van der Waals surface area contributed by atoms with E-state index in [1.54, 1.807) is 0 Å². The van der Waals surface area contributed by atoms with Crippen LogP contribution < -0.4 is 5.32 Å². The molecule has 0 aromatic carbocycles. The summed E-state index contributed by atoms with van der Waals surface area (Å²) in [6.45, 7) is 12.5. The van der Waals surface area contributed by atoms with Gasteiger partial charge in [-0.15, -0.1) is 10.2 Å². The van der Waals surface area contributed by atoms with Gasteiger partial charge in [0.2, 0.25) is 5.91 Å². The van der Waals surface area contributed by atoms with Gasteiger partial charge < -0.3 is 15.1 Å². The number of carbonyl (C=O) groups is 1. The zero-order valence-corrected chi connectivity index (χ0v) is 16.8. The van der Waals surface area contributed by atoms with Crippen LogP contribution in [0.4, 0.5) is 0 Å². The van der Waals surface area contributed by atoms with Crippen molar-refractivity contribution in [2.45, 2.75) is 52.7 Å². The lowest BCUT2D eigenvalue weighted by atomic mass is 9.96. The zero-order chi connectivity index (χ0) is 19.6. The number of hydrogen-bond acceptors (Lipinski definition) is 4. The number of hydrogen-bond donors (Lipinski definition) is 1. The molecule has 1 saturated heterocycles. The molecule has 0 spiro atoms. The van der Waals surface area contributed by atoms with E-state index in [1.165, 1.54) is 0 Å². The van der Waals surface area contributed by atoms with Crippen LogP contribution in [0.2, 0.25) is 0 Å². The summed E-state index contributed by atoms with van der Waals surface area (Å²) in [5.41, 5.74) is 0.538. The van der Waals surface area contributed by atoms with Crippen LogP contribution in [0.25, 0.3) is 5.65 Å². The number of pyridine rings is 1. The van der Waals surface area contributed by atoms with Gasteiger partial charge in [-0.3, -0.25) is 9.20 Å². The average Bonchev–Trinajstić information content (AvgIpc) is 3.00. The maximum absolute atomic E-state index is 12.8. The summed E-state index contributed by atoms with van der Waals surface area (Å²) >= 11 is 0. The molecule has 1 amide bonds. The molecule has 146 valence electrons. The molecule has 0 unspecified atom stereocenters. The Morgan fingerprint density at radius 1 is 1.33 bits per heavy atom. The van der Waals surface area contributed by atoms with Gasteiger partial charge >= 0.3 is 0 Å². The molecule has 0 aliphatic carbocycles. The summed E-state index contributed by atoms with van der Waals surface area (Å²) in [6, 6.07) is 5.97. The van der Waals surface area contributed by atoms with Crippen molar-refractivity contribution in [3.05, 3.63) is 30.2 Å². The first kappa shape index (κ1) is 19.1. The van der Waals surface area contributed by atoms with Crippen molar-refractivity contribution in [3.8, 4) is 0 Å². The fourth-order valence-corrected chi connectivity index (χ4v) is 3.88. The highest BCUT2D eigenvalue weighted by Gasteiger charge is 2.40. The van der Waals surface area contributed by atoms with Gasteiger partial charge in [0, 0.05) is 25.3 Å². The van der Waals surface area contributed by atoms with Gasteiger partial charge in [-0.2, -0.15) is 0 Å². The summed E-state index contributed by atoms with van der Waals surface area (Å²) in [4.78, 5) is 21.5. The normalized spacial score (nSPS) is 17.9. The van der Waals surface area contributed by atoms with E-state index in [2.05, 4.69) is 43.2 Å². The van der Waals surface area contributed by atoms with Crippen molar-refractivity contribution in [2.24, 2.45) is 4.99 Å². The number of nitrogens with one attached hydrogen (secondary N) is 1. The Labute approximate surface area is 160 Å². The van der Waals surface area contributed by atoms with Crippen molar-refractivity contribution in [1.82, 2.24) is 29.7 Å². The largest absolute Gasteiger partial charge is 0.356 e. The molecule has 2 aromatic rings. The summed E-state index contributed by atoms with van der Waals surface area (Å²) in [5.74, 6) is 1.63. The third-order valence-electron chi connectivity index (χ3n) is 4.73. The van der Waals surface area contributed by atoms with Gasteiger partial charge in [-0.1, -0.05) is 6.07 Å². The minimum absolute atomic E-state index is 0.125. The monoisotopic (exact) mass is 371 g/mol. The second kappa shape index (κ2) is 7.54. The molecular formula is C19H29N7O. The fraction of sp³-hybridized carbons (Fsp3) is 0.579. The molecule has 1 aliphatic heterocycles. The van der Waals surface area contributed by atoms with Crippen LogP contribution in [0.1, 0.15) is 40.4 Å². The number of piperazine rings is 1. The lowest BCUT2D eigenvalue weighted by molar-refractivity contribution is -0.145. The number of nitrogens with zero attached hydrogens (tertiary/aromatic N) is 6. The first-order chi connectivity index (χ1) is 12.8. The number of guanidine groups is 1. The Morgan fingerprint density at radius 2 is 2.11 bits per heavy atom. The highest BCUT2D eigenvalue weighted by Crippen LogP contribution is 2.24. The smallest absolute Gasteiger partial charge is 0.242 e. The highest BCUT2D eigenvalue weighted by molar-refractivity contribution is 5.88. The SMILES string of the molecule is CCNC(=NCc1nnc2ccccn12)N1CC(=O)N(C(C)C)C(C)(C)C1. The lowest BCUT2D eigenvalue weighted by Crippen LogP contribution is -2.66. The van der Waals surface area contributed by atoms with E-state index in [0.29, 0.717) is 13.1 Å². The molecule has 0 atom stereocenters. The van der Waals surface area contributed by atoms with Crippen LogP contribution in [-0.4, -0.2) is 67.5 Å². The molecule has 3 heterocycles. The average molecular weight is 371 g/mol. The van der Waals surface area contributed by atoms with Gasteiger partial charge in [0.1, 0.15) is 6.54 Å². The second-order valence-electron chi connectivity index (χ2n) is 7.74. The molecule has 1 fully saturated rings. The van der Waals surface area contributed by atoms with Gasteiger partial charge in [0.15, 0.2) is 17.4 Å². The minimum atomic E-state index is -0.263. The van der Waals surface area contributed by atoms with Gasteiger partial charge in [-0.05, 0) is 46.8 Å². The summed E-state index contributed by atoms with van der Waals surface area (Å²) < 4.78 is 1.93. The van der Waals surface area contributed by atoms with E-state index in [1.807, 2.05) is 45.5 Å². The Kier molecular flexibility index (Phi) is 5.34. The molecule has 0 radical (unpaired) electrons. The van der Waals surface area contributed by atoms with Crippen LogP contribution >= 0.6 is 0 Å². The highest BCUT2D eigenvalue weighted by atomic mass is 16.2. The number of amides is 1. The predicted octanol–water partition coefficient (Wildman–Crippen LogP) is 1.53. The fourth-order valence-electron chi connectivity index (χ4n) is 3.88. The first-order valence-corrected chi connectivity index (χ1v) is 9.47. The van der Waals surface area contributed by atoms with E-state index in [4.69, 9.17) is 4.99 Å². The molecule has 1 aliphatic rings. The molecule has 8 nitrogen and oxygen atoms in total. The number of rotatable bonds is 4. The van der Waals surface area contributed by atoms with Gasteiger partial charge in [0.25, 0.3) is 0 Å². The Bertz CT molecular complexity index is 839. The van der Waals surface area contributed by atoms with Crippen molar-refractivity contribution >= 4 is 17.5 Å². The van der Waals surface area contributed by atoms with Gasteiger partial charge in [0.05, 0.1) is 12.1 Å². The molecule has 0 saturated carbocycles. The molecule has 27 heavy (non-hydrogen) atoms. The maximum atomic E-state index is 12.8. The van der Waals surface area contributed by atoms with E-state index in [-0.39, 0.29) is 17.5 Å². The van der Waals surface area contributed by atoms with Crippen molar-refractivity contribution in [2.75, 3.05) is 19.6 Å². The Hall–Kier alpha value is -2.64. The van der Waals surface area contributed by atoms with Crippen molar-refractivity contribution < 1.29 is 4.79 Å². The molecule has 1 N–H and O–H groups in total. The first-order valence-electron chi connectivity index (χ1n) is 9.47. The Morgan fingerprint density at radius 3 is 2.78 bits per heavy atom.